The summed E-state index contributed by atoms with van der Waals surface area (Å²) in [6, 6.07) is 18.8. The molecule has 1 amide bonds. The van der Waals surface area contributed by atoms with Gasteiger partial charge in [0, 0.05) is 30.9 Å². The quantitative estimate of drug-likeness (QED) is 0.570. The Labute approximate surface area is 207 Å². The van der Waals surface area contributed by atoms with Gasteiger partial charge in [-0.15, -0.1) is 0 Å². The van der Waals surface area contributed by atoms with Gasteiger partial charge in [0.15, 0.2) is 5.43 Å². The normalized spacial score (nSPS) is 17.7. The molecule has 0 saturated heterocycles. The van der Waals surface area contributed by atoms with Crippen LogP contribution in [0.1, 0.15) is 57.7 Å². The Hall–Kier alpha value is -3.38. The van der Waals surface area contributed by atoms with Crippen molar-refractivity contribution in [3.05, 3.63) is 105 Å². The van der Waals surface area contributed by atoms with E-state index in [1.165, 1.54) is 22.3 Å². The van der Waals surface area contributed by atoms with Gasteiger partial charge in [0.2, 0.25) is 0 Å². The van der Waals surface area contributed by atoms with Gasteiger partial charge in [0.25, 0.3) is 5.91 Å². The average molecular weight is 471 g/mol. The van der Waals surface area contributed by atoms with Gasteiger partial charge >= 0.3 is 0 Å². The third kappa shape index (κ3) is 3.96. The number of hydrogen-bond acceptors (Lipinski definition) is 4. The minimum Gasteiger partial charge on any atom is -0.314 e. The van der Waals surface area contributed by atoms with Gasteiger partial charge < -0.3 is 9.80 Å². The Morgan fingerprint density at radius 1 is 0.914 bits per heavy atom. The summed E-state index contributed by atoms with van der Waals surface area (Å²) in [5.41, 5.74) is 6.05. The lowest BCUT2D eigenvalue weighted by Crippen LogP contribution is -2.65. The van der Waals surface area contributed by atoms with E-state index in [1.54, 1.807) is 19.2 Å². The smallest absolute Gasteiger partial charge is 0.274 e. The molecule has 182 valence electrons. The number of carbonyl (C=O) groups excluding carboxylic acids is 1. The van der Waals surface area contributed by atoms with Crippen molar-refractivity contribution >= 4 is 5.91 Å². The second-order valence-electron chi connectivity index (χ2n) is 9.92. The van der Waals surface area contributed by atoms with Gasteiger partial charge in [0.1, 0.15) is 11.9 Å². The molecule has 6 nitrogen and oxygen atoms in total. The Balaban J connectivity index is 1.83. The molecule has 0 fully saturated rings. The van der Waals surface area contributed by atoms with Crippen LogP contribution in [0.3, 0.4) is 0 Å². The number of pyridine rings is 1. The van der Waals surface area contributed by atoms with E-state index in [4.69, 9.17) is 0 Å². The predicted octanol–water partition coefficient (Wildman–Crippen LogP) is 3.74. The SMILES string of the molecule is CCCN1C(=O)c2c(C)c(=O)ccn2N(C2c3ccccc3CCc3ccccc32)C1CN(C)C. The molecule has 1 unspecified atom stereocenters. The van der Waals surface area contributed by atoms with Crippen LogP contribution in [0.2, 0.25) is 0 Å². The topological polar surface area (TPSA) is 48.8 Å². The monoisotopic (exact) mass is 470 g/mol. The molecule has 1 aromatic heterocycles. The summed E-state index contributed by atoms with van der Waals surface area (Å²) in [6.07, 6.45) is 4.39. The predicted molar refractivity (Wildman–Crippen MR) is 139 cm³/mol. The Kier molecular flexibility index (Phi) is 6.24. The van der Waals surface area contributed by atoms with E-state index >= 15 is 0 Å². The molecule has 2 heterocycles. The molecular weight excluding hydrogens is 436 g/mol. The van der Waals surface area contributed by atoms with Crippen LogP contribution in [-0.2, 0) is 12.8 Å². The van der Waals surface area contributed by atoms with E-state index < -0.39 is 0 Å². The Morgan fingerprint density at radius 3 is 2.09 bits per heavy atom. The van der Waals surface area contributed by atoms with Crippen molar-refractivity contribution in [2.24, 2.45) is 0 Å². The zero-order valence-electron chi connectivity index (χ0n) is 21.1. The summed E-state index contributed by atoms with van der Waals surface area (Å²) in [6.45, 7) is 5.18. The van der Waals surface area contributed by atoms with E-state index in [9.17, 15) is 9.59 Å². The maximum Gasteiger partial charge on any atom is 0.274 e. The lowest BCUT2D eigenvalue weighted by molar-refractivity contribution is 0.0510. The number of benzene rings is 2. The Morgan fingerprint density at radius 2 is 1.51 bits per heavy atom. The van der Waals surface area contributed by atoms with Crippen molar-refractivity contribution in [1.82, 2.24) is 14.5 Å². The molecule has 0 radical (unpaired) electrons. The van der Waals surface area contributed by atoms with E-state index in [0.29, 0.717) is 24.3 Å². The summed E-state index contributed by atoms with van der Waals surface area (Å²) >= 11 is 0. The minimum absolute atomic E-state index is 0.0691. The largest absolute Gasteiger partial charge is 0.314 e. The first-order valence-electron chi connectivity index (χ1n) is 12.5. The fraction of sp³-hybridized carbons (Fsp3) is 0.379. The summed E-state index contributed by atoms with van der Waals surface area (Å²) in [4.78, 5) is 30.7. The van der Waals surface area contributed by atoms with Gasteiger partial charge in [-0.2, -0.15) is 0 Å². The number of aromatic nitrogens is 1. The van der Waals surface area contributed by atoms with Crippen LogP contribution in [0.4, 0.5) is 0 Å². The number of likely N-dealkylation sites (N-methyl/N-ethyl adjacent to an activating group) is 1. The highest BCUT2D eigenvalue weighted by Crippen LogP contribution is 2.39. The molecule has 1 aliphatic carbocycles. The number of carbonyl (C=O) groups is 1. The highest BCUT2D eigenvalue weighted by molar-refractivity contribution is 5.95. The number of rotatable bonds is 5. The number of hydrogen-bond donors (Lipinski definition) is 0. The third-order valence-electron chi connectivity index (χ3n) is 7.32. The summed E-state index contributed by atoms with van der Waals surface area (Å²) < 4.78 is 1.98. The lowest BCUT2D eigenvalue weighted by Gasteiger charge is -2.51. The summed E-state index contributed by atoms with van der Waals surface area (Å²) in [7, 11) is 4.10. The minimum atomic E-state index is -0.198. The molecule has 0 bridgehead atoms. The van der Waals surface area contributed by atoms with Gasteiger partial charge in [-0.3, -0.25) is 19.3 Å². The van der Waals surface area contributed by atoms with Crippen molar-refractivity contribution in [2.45, 2.75) is 45.3 Å². The van der Waals surface area contributed by atoms with Crippen molar-refractivity contribution < 1.29 is 4.79 Å². The van der Waals surface area contributed by atoms with E-state index in [-0.39, 0.29) is 23.5 Å². The summed E-state index contributed by atoms with van der Waals surface area (Å²) in [5, 5.41) is 2.35. The second-order valence-corrected chi connectivity index (χ2v) is 9.92. The van der Waals surface area contributed by atoms with Crippen LogP contribution in [-0.4, -0.2) is 53.7 Å². The molecular formula is C29H34N4O2. The van der Waals surface area contributed by atoms with Gasteiger partial charge in [-0.1, -0.05) is 55.5 Å². The van der Waals surface area contributed by atoms with Crippen LogP contribution in [0.25, 0.3) is 0 Å². The fourth-order valence-corrected chi connectivity index (χ4v) is 5.71. The van der Waals surface area contributed by atoms with Crippen molar-refractivity contribution in [2.75, 3.05) is 32.2 Å². The van der Waals surface area contributed by atoms with Gasteiger partial charge in [-0.25, -0.2) is 0 Å². The maximum absolute atomic E-state index is 13.9. The van der Waals surface area contributed by atoms with Crippen LogP contribution < -0.4 is 10.4 Å². The maximum atomic E-state index is 13.9. The molecule has 3 aromatic rings. The second kappa shape index (κ2) is 9.34. The van der Waals surface area contributed by atoms with Crippen LogP contribution >= 0.6 is 0 Å². The molecule has 2 aliphatic rings. The molecule has 0 N–H and O–H groups in total. The zero-order valence-corrected chi connectivity index (χ0v) is 21.1. The molecule has 6 heteroatoms. The first-order valence-corrected chi connectivity index (χ1v) is 12.5. The zero-order chi connectivity index (χ0) is 24.7. The fourth-order valence-electron chi connectivity index (χ4n) is 5.71. The number of nitrogens with zero attached hydrogens (tertiary/aromatic N) is 4. The molecule has 1 aliphatic heterocycles. The molecule has 5 rings (SSSR count). The van der Waals surface area contributed by atoms with Crippen LogP contribution in [0.5, 0.6) is 0 Å². The lowest BCUT2D eigenvalue weighted by atomic mass is 9.93. The number of fused-ring (bicyclic) bond motifs is 3. The highest BCUT2D eigenvalue weighted by atomic mass is 16.2. The van der Waals surface area contributed by atoms with Gasteiger partial charge in [-0.05, 0) is 62.5 Å². The highest BCUT2D eigenvalue weighted by Gasteiger charge is 2.43. The first-order chi connectivity index (χ1) is 16.9. The first kappa shape index (κ1) is 23.4. The van der Waals surface area contributed by atoms with Crippen molar-refractivity contribution in [3.63, 3.8) is 0 Å². The standard InChI is InChI=1S/C29H34N4O2/c1-5-17-31-26(19-30(3)4)33(32-18-16-25(34)20(2)27(32)29(31)35)28-23-12-8-6-10-21(23)14-15-22-11-7-9-13-24(22)28/h6-13,16,18,26,28H,5,14-15,17,19H2,1-4H3. The van der Waals surface area contributed by atoms with E-state index in [0.717, 1.165) is 19.3 Å². The molecule has 0 saturated carbocycles. The van der Waals surface area contributed by atoms with Crippen molar-refractivity contribution in [3.8, 4) is 0 Å². The van der Waals surface area contributed by atoms with Crippen molar-refractivity contribution in [1.29, 1.82) is 0 Å². The molecule has 1 atom stereocenters. The Bertz CT molecular complexity index is 1260. The third-order valence-corrected chi connectivity index (χ3v) is 7.32. The summed E-state index contributed by atoms with van der Waals surface area (Å²) in [5.74, 6) is -0.0691. The average Bonchev–Trinajstić information content (AvgIpc) is 3.01. The van der Waals surface area contributed by atoms with E-state index in [1.807, 2.05) is 23.7 Å². The van der Waals surface area contributed by atoms with Crippen LogP contribution in [0, 0.1) is 6.92 Å². The number of aryl methyl sites for hydroxylation is 2. The molecule has 2 aromatic carbocycles. The van der Waals surface area contributed by atoms with Crippen LogP contribution in [0.15, 0.2) is 65.6 Å². The van der Waals surface area contributed by atoms with E-state index in [2.05, 4.69) is 65.4 Å². The van der Waals surface area contributed by atoms with Gasteiger partial charge in [0.05, 0.1) is 6.04 Å². The molecule has 35 heavy (non-hydrogen) atoms. The molecule has 0 spiro atoms. The number of amides is 1.